The zero-order valence-electron chi connectivity index (χ0n) is 16.4. The monoisotopic (exact) mass is 494 g/mol. The first kappa shape index (κ1) is 23.7. The fourth-order valence-corrected chi connectivity index (χ4v) is 4.08. The molecule has 26 heavy (non-hydrogen) atoms. The highest BCUT2D eigenvalue weighted by atomic mass is 127. The van der Waals surface area contributed by atoms with E-state index in [1.807, 2.05) is 18.4 Å². The molecule has 0 bridgehead atoms. The maximum Gasteiger partial charge on any atom is 0.190 e. The lowest BCUT2D eigenvalue weighted by Crippen LogP contribution is -2.44. The Morgan fingerprint density at radius 3 is 2.77 bits per heavy atom. The van der Waals surface area contributed by atoms with Gasteiger partial charge in [0.15, 0.2) is 5.96 Å². The summed E-state index contributed by atoms with van der Waals surface area (Å²) in [7, 11) is 3.63. The van der Waals surface area contributed by atoms with Gasteiger partial charge in [0.05, 0.1) is 6.61 Å². The first-order valence-electron chi connectivity index (χ1n) is 9.39. The molecule has 5 nitrogen and oxygen atoms in total. The number of aliphatic imine (C=N–C) groups is 1. The first-order chi connectivity index (χ1) is 12.2. The Morgan fingerprint density at radius 1 is 1.38 bits per heavy atom. The van der Waals surface area contributed by atoms with Gasteiger partial charge in [-0.25, -0.2) is 0 Å². The number of methoxy groups -OCH3 is 1. The van der Waals surface area contributed by atoms with Crippen molar-refractivity contribution < 1.29 is 4.74 Å². The van der Waals surface area contributed by atoms with E-state index in [9.17, 15) is 0 Å². The third kappa shape index (κ3) is 9.01. The Morgan fingerprint density at radius 2 is 2.15 bits per heavy atom. The second-order valence-corrected chi connectivity index (χ2v) is 8.03. The van der Waals surface area contributed by atoms with Gasteiger partial charge in [-0.1, -0.05) is 13.0 Å². The van der Waals surface area contributed by atoms with E-state index in [1.165, 1.54) is 30.8 Å². The number of nitrogens with one attached hydrogen (secondary N) is 2. The quantitative estimate of drug-likeness (QED) is 0.315. The number of nitrogens with zero attached hydrogens (tertiary/aromatic N) is 2. The van der Waals surface area contributed by atoms with Crippen LogP contribution in [-0.4, -0.2) is 64.3 Å². The second-order valence-electron chi connectivity index (χ2n) is 7.00. The molecule has 2 N–H and O–H groups in total. The zero-order chi connectivity index (χ0) is 17.9. The molecule has 7 heteroatoms. The van der Waals surface area contributed by atoms with E-state index in [0.717, 1.165) is 44.5 Å². The van der Waals surface area contributed by atoms with E-state index >= 15 is 0 Å². The normalized spacial score (nSPS) is 17.6. The summed E-state index contributed by atoms with van der Waals surface area (Å²) < 4.78 is 5.17. The molecule has 0 amide bonds. The number of likely N-dealkylation sites (tertiary alicyclic amines) is 1. The minimum absolute atomic E-state index is 0. The molecule has 1 aliphatic heterocycles. The lowest BCUT2D eigenvalue weighted by Gasteiger charge is -2.32. The van der Waals surface area contributed by atoms with Crippen LogP contribution in [0.2, 0.25) is 0 Å². The number of piperidine rings is 1. The molecule has 1 aliphatic rings. The third-order valence-corrected chi connectivity index (χ3v) is 5.75. The standard InChI is InChI=1S/C19H34N4OS.HI/c1-16(13-18-5-4-12-25-18)14-21-19(20-2)22-15-17-6-8-23(9-7-17)10-11-24-3;/h4-5,12,16-17H,6-11,13-15H2,1-3H3,(H2,20,21,22);1H. The summed E-state index contributed by atoms with van der Waals surface area (Å²) >= 11 is 1.84. The summed E-state index contributed by atoms with van der Waals surface area (Å²) in [4.78, 5) is 8.32. The number of rotatable bonds is 9. The molecule has 2 heterocycles. The summed E-state index contributed by atoms with van der Waals surface area (Å²) in [6.07, 6.45) is 3.63. The Bertz CT molecular complexity index is 490. The number of hydrogen-bond acceptors (Lipinski definition) is 4. The number of ether oxygens (including phenoxy) is 1. The molecule has 0 spiro atoms. The Hall–Kier alpha value is -0.380. The van der Waals surface area contributed by atoms with Crippen molar-refractivity contribution in [2.24, 2.45) is 16.8 Å². The maximum absolute atomic E-state index is 5.17. The van der Waals surface area contributed by atoms with E-state index in [4.69, 9.17) is 4.74 Å². The van der Waals surface area contributed by atoms with Gasteiger partial charge in [-0.05, 0) is 55.6 Å². The van der Waals surface area contributed by atoms with Crippen LogP contribution >= 0.6 is 35.3 Å². The molecule has 150 valence electrons. The molecule has 1 atom stereocenters. The number of halogens is 1. The van der Waals surface area contributed by atoms with Crippen molar-refractivity contribution in [1.82, 2.24) is 15.5 Å². The molecular formula is C19H35IN4OS. The Kier molecular flexibility index (Phi) is 12.5. The van der Waals surface area contributed by atoms with Crippen LogP contribution < -0.4 is 10.6 Å². The minimum atomic E-state index is 0. The summed E-state index contributed by atoms with van der Waals surface area (Å²) in [5, 5.41) is 9.13. The van der Waals surface area contributed by atoms with E-state index in [1.54, 1.807) is 7.11 Å². The molecule has 2 rings (SSSR count). The van der Waals surface area contributed by atoms with E-state index in [2.05, 4.69) is 45.0 Å². The van der Waals surface area contributed by atoms with Gasteiger partial charge in [0.1, 0.15) is 0 Å². The zero-order valence-corrected chi connectivity index (χ0v) is 19.5. The van der Waals surface area contributed by atoms with Crippen LogP contribution in [0.1, 0.15) is 24.6 Å². The molecule has 1 saturated heterocycles. The lowest BCUT2D eigenvalue weighted by atomic mass is 9.97. The van der Waals surface area contributed by atoms with Gasteiger partial charge in [0.2, 0.25) is 0 Å². The van der Waals surface area contributed by atoms with Crippen LogP contribution in [0.3, 0.4) is 0 Å². The van der Waals surface area contributed by atoms with Crippen LogP contribution in [0.25, 0.3) is 0 Å². The van der Waals surface area contributed by atoms with Gasteiger partial charge in [-0.15, -0.1) is 35.3 Å². The van der Waals surface area contributed by atoms with Crippen molar-refractivity contribution in [1.29, 1.82) is 0 Å². The Balaban J connectivity index is 0.00000338. The summed E-state index contributed by atoms with van der Waals surface area (Å²) in [5.74, 6) is 2.27. The summed E-state index contributed by atoms with van der Waals surface area (Å²) in [6, 6.07) is 4.34. The largest absolute Gasteiger partial charge is 0.383 e. The number of thiophene rings is 1. The fourth-order valence-electron chi connectivity index (χ4n) is 3.21. The van der Waals surface area contributed by atoms with E-state index < -0.39 is 0 Å². The number of hydrogen-bond donors (Lipinski definition) is 2. The average molecular weight is 494 g/mol. The van der Waals surface area contributed by atoms with Gasteiger partial charge in [-0.3, -0.25) is 4.99 Å². The van der Waals surface area contributed by atoms with Gasteiger partial charge < -0.3 is 20.3 Å². The van der Waals surface area contributed by atoms with E-state index in [0.29, 0.717) is 5.92 Å². The molecule has 1 unspecified atom stereocenters. The second kappa shape index (κ2) is 13.7. The van der Waals surface area contributed by atoms with Crippen LogP contribution in [0.4, 0.5) is 0 Å². The van der Waals surface area contributed by atoms with Crippen molar-refractivity contribution in [2.45, 2.75) is 26.2 Å². The van der Waals surface area contributed by atoms with Crippen LogP contribution in [0, 0.1) is 11.8 Å². The SMILES string of the molecule is CN=C(NCC(C)Cc1cccs1)NCC1CCN(CCOC)CC1.I. The predicted molar refractivity (Wildman–Crippen MR) is 123 cm³/mol. The maximum atomic E-state index is 5.17. The van der Waals surface area contributed by atoms with Crippen LogP contribution in [-0.2, 0) is 11.2 Å². The average Bonchev–Trinajstić information content (AvgIpc) is 3.14. The molecule has 0 aromatic carbocycles. The Labute approximate surface area is 180 Å². The number of guanidine groups is 1. The third-order valence-electron chi connectivity index (χ3n) is 4.85. The topological polar surface area (TPSA) is 48.9 Å². The van der Waals surface area contributed by atoms with Gasteiger partial charge in [-0.2, -0.15) is 0 Å². The van der Waals surface area contributed by atoms with Crippen molar-refractivity contribution in [3.05, 3.63) is 22.4 Å². The summed E-state index contributed by atoms with van der Waals surface area (Å²) in [6.45, 7) is 8.50. The molecular weight excluding hydrogens is 459 g/mol. The molecule has 1 aromatic heterocycles. The van der Waals surface area contributed by atoms with Crippen LogP contribution in [0.15, 0.2) is 22.5 Å². The smallest absolute Gasteiger partial charge is 0.190 e. The molecule has 0 saturated carbocycles. The minimum Gasteiger partial charge on any atom is -0.383 e. The van der Waals surface area contributed by atoms with Crippen molar-refractivity contribution in [3.63, 3.8) is 0 Å². The van der Waals surface area contributed by atoms with Crippen molar-refractivity contribution in [3.8, 4) is 0 Å². The van der Waals surface area contributed by atoms with Gasteiger partial charge >= 0.3 is 0 Å². The predicted octanol–water partition coefficient (Wildman–Crippen LogP) is 3.07. The fraction of sp³-hybridized carbons (Fsp3) is 0.737. The summed E-state index contributed by atoms with van der Waals surface area (Å²) in [5.41, 5.74) is 0. The highest BCUT2D eigenvalue weighted by Crippen LogP contribution is 2.16. The molecule has 1 fully saturated rings. The lowest BCUT2D eigenvalue weighted by molar-refractivity contribution is 0.121. The molecule has 1 aromatic rings. The molecule has 0 aliphatic carbocycles. The van der Waals surface area contributed by atoms with Crippen molar-refractivity contribution in [2.75, 3.05) is 53.5 Å². The van der Waals surface area contributed by atoms with Crippen molar-refractivity contribution >= 4 is 41.3 Å². The van der Waals surface area contributed by atoms with Gasteiger partial charge in [0, 0.05) is 38.7 Å². The van der Waals surface area contributed by atoms with Crippen LogP contribution in [0.5, 0.6) is 0 Å². The first-order valence-corrected chi connectivity index (χ1v) is 10.3. The van der Waals surface area contributed by atoms with E-state index in [-0.39, 0.29) is 24.0 Å². The highest BCUT2D eigenvalue weighted by molar-refractivity contribution is 14.0. The highest BCUT2D eigenvalue weighted by Gasteiger charge is 2.19. The molecule has 0 radical (unpaired) electrons. The van der Waals surface area contributed by atoms with Gasteiger partial charge in [0.25, 0.3) is 0 Å².